The summed E-state index contributed by atoms with van der Waals surface area (Å²) < 4.78 is 65.0. The van der Waals surface area contributed by atoms with E-state index in [-0.39, 0.29) is 24.4 Å². The van der Waals surface area contributed by atoms with Crippen molar-refractivity contribution in [1.82, 2.24) is 24.0 Å². The van der Waals surface area contributed by atoms with Gasteiger partial charge in [-0.25, -0.2) is 9.18 Å². The van der Waals surface area contributed by atoms with Gasteiger partial charge in [-0.3, -0.25) is 28.8 Å². The van der Waals surface area contributed by atoms with E-state index in [2.05, 4.69) is 14.9 Å². The van der Waals surface area contributed by atoms with Crippen LogP contribution in [0.5, 0.6) is 0 Å². The van der Waals surface area contributed by atoms with Crippen LogP contribution in [0.3, 0.4) is 0 Å². The van der Waals surface area contributed by atoms with Gasteiger partial charge >= 0.3 is 11.9 Å². The van der Waals surface area contributed by atoms with Gasteiger partial charge in [0.1, 0.15) is 11.4 Å². The minimum absolute atomic E-state index is 0.156. The van der Waals surface area contributed by atoms with Crippen molar-refractivity contribution >= 4 is 0 Å². The number of nitrogens with two attached hydrogens (primary N) is 1. The summed E-state index contributed by atoms with van der Waals surface area (Å²) in [6.45, 7) is 0.466. The van der Waals surface area contributed by atoms with Crippen molar-refractivity contribution in [2.75, 3.05) is 13.1 Å². The third-order valence-corrected chi connectivity index (χ3v) is 8.49. The second-order valence-electron chi connectivity index (χ2n) is 11.1. The van der Waals surface area contributed by atoms with Crippen molar-refractivity contribution < 1.29 is 22.3 Å². The van der Waals surface area contributed by atoms with Gasteiger partial charge in [0, 0.05) is 49.8 Å². The molecular weight excluding hydrogens is 580 g/mol. The maximum absolute atomic E-state index is 15.0. The molecule has 1 fully saturated rings. The molecule has 1 spiro atoms. The largest absolute Gasteiger partial charge is 0.416 e. The lowest BCUT2D eigenvalue weighted by molar-refractivity contribution is -0.138. The van der Waals surface area contributed by atoms with E-state index in [0.717, 1.165) is 33.0 Å². The minimum Gasteiger partial charge on any atom is -0.364 e. The second-order valence-corrected chi connectivity index (χ2v) is 11.1. The highest BCUT2D eigenvalue weighted by molar-refractivity contribution is 5.35. The van der Waals surface area contributed by atoms with Crippen molar-refractivity contribution in [3.05, 3.63) is 127 Å². The Morgan fingerprint density at radius 2 is 1.73 bits per heavy atom. The first-order valence-corrected chi connectivity index (χ1v) is 14.2. The predicted octanol–water partition coefficient (Wildman–Crippen LogP) is 3.73. The molecule has 9 nitrogen and oxygen atoms in total. The van der Waals surface area contributed by atoms with Crippen LogP contribution in [-0.4, -0.2) is 37.1 Å². The Morgan fingerprint density at radius 1 is 0.977 bits per heavy atom. The highest BCUT2D eigenvalue weighted by Gasteiger charge is 2.47. The Hall–Kier alpha value is -4.20. The zero-order valence-corrected chi connectivity index (χ0v) is 23.6. The number of piperidine rings is 1. The molecule has 2 N–H and O–H groups in total. The number of likely N-dealkylation sites (tertiary alicyclic amines) is 1. The van der Waals surface area contributed by atoms with Crippen LogP contribution in [0.1, 0.15) is 52.5 Å². The van der Waals surface area contributed by atoms with Crippen molar-refractivity contribution in [3.63, 3.8) is 0 Å². The number of halogens is 4. The molecule has 2 aromatic heterocycles. The van der Waals surface area contributed by atoms with E-state index in [1.807, 2.05) is 0 Å². The fourth-order valence-electron chi connectivity index (χ4n) is 6.20. The zero-order chi connectivity index (χ0) is 31.1. The molecular formula is C31H30F4N6O3. The van der Waals surface area contributed by atoms with Crippen molar-refractivity contribution in [1.29, 1.82) is 0 Å². The Balaban J connectivity index is 1.43. The number of fused-ring (bicyclic) bond motifs is 2. The maximum atomic E-state index is 15.0. The van der Waals surface area contributed by atoms with E-state index in [4.69, 9.17) is 10.5 Å². The van der Waals surface area contributed by atoms with E-state index in [1.165, 1.54) is 0 Å². The topological polar surface area (TPSA) is 108 Å². The summed E-state index contributed by atoms with van der Waals surface area (Å²) in [4.78, 5) is 38.6. The number of nitrogens with zero attached hydrogens (tertiary/aromatic N) is 5. The number of ether oxygens (including phenoxy) is 1. The van der Waals surface area contributed by atoms with Crippen LogP contribution in [0.25, 0.3) is 0 Å². The number of alkyl halides is 3. The van der Waals surface area contributed by atoms with Gasteiger partial charge in [-0.05, 0) is 30.5 Å². The van der Waals surface area contributed by atoms with Gasteiger partial charge in [0.2, 0.25) is 0 Å². The smallest absolute Gasteiger partial charge is 0.364 e. The average molecular weight is 611 g/mol. The lowest BCUT2D eigenvalue weighted by atomic mass is 9.85. The highest BCUT2D eigenvalue weighted by atomic mass is 19.4. The molecule has 6 rings (SSSR count). The molecule has 1 atom stereocenters. The number of aromatic nitrogens is 4. The molecule has 0 bridgehead atoms. The fourth-order valence-corrected chi connectivity index (χ4v) is 6.20. The Bertz CT molecular complexity index is 1770. The van der Waals surface area contributed by atoms with Gasteiger partial charge in [-0.15, -0.1) is 0 Å². The summed E-state index contributed by atoms with van der Waals surface area (Å²) >= 11 is 0. The number of hydrogen-bond donors (Lipinski definition) is 1. The van der Waals surface area contributed by atoms with Crippen molar-refractivity contribution in [3.8, 4) is 0 Å². The van der Waals surface area contributed by atoms with Gasteiger partial charge in [0.25, 0.3) is 5.56 Å². The number of hydrogen-bond acceptors (Lipinski definition) is 7. The second kappa shape index (κ2) is 11.7. The first-order valence-electron chi connectivity index (χ1n) is 14.2. The number of benzene rings is 2. The molecule has 0 radical (unpaired) electrons. The fraction of sp³-hybridized carbons (Fsp3) is 0.355. The summed E-state index contributed by atoms with van der Waals surface area (Å²) in [5.74, 6) is -1.11. The van der Waals surface area contributed by atoms with Crippen LogP contribution in [0, 0.1) is 5.82 Å². The Morgan fingerprint density at radius 3 is 2.41 bits per heavy atom. The normalized spacial score (nSPS) is 17.1. The SMILES string of the molecule is N[C@@H](Cn1c(=O)c2c(n(Cc3c(F)cccc3C(F)(F)F)c1=O)COC21CCN(Cc2cnccn2)CC1)c1ccccc1. The summed E-state index contributed by atoms with van der Waals surface area (Å²) in [6.07, 6.45) is 0.806. The van der Waals surface area contributed by atoms with Gasteiger partial charge in [-0.2, -0.15) is 13.2 Å². The molecule has 0 unspecified atom stereocenters. The molecule has 0 saturated carbocycles. The lowest BCUT2D eigenvalue weighted by Crippen LogP contribution is -2.49. The number of rotatable bonds is 7. The van der Waals surface area contributed by atoms with E-state index in [1.54, 1.807) is 48.9 Å². The molecule has 230 valence electrons. The van der Waals surface area contributed by atoms with Crippen LogP contribution >= 0.6 is 0 Å². The first kappa shape index (κ1) is 29.9. The first-order chi connectivity index (χ1) is 21.1. The lowest BCUT2D eigenvalue weighted by Gasteiger charge is -2.38. The van der Waals surface area contributed by atoms with Crippen LogP contribution in [0.4, 0.5) is 17.6 Å². The maximum Gasteiger partial charge on any atom is 0.416 e. The molecule has 4 aromatic rings. The van der Waals surface area contributed by atoms with Gasteiger partial charge in [-0.1, -0.05) is 36.4 Å². The average Bonchev–Trinajstić information content (AvgIpc) is 3.38. The molecule has 2 aliphatic heterocycles. The summed E-state index contributed by atoms with van der Waals surface area (Å²) in [7, 11) is 0. The molecule has 1 saturated heterocycles. The quantitative estimate of drug-likeness (QED) is 0.318. The van der Waals surface area contributed by atoms with E-state index in [9.17, 15) is 27.2 Å². The van der Waals surface area contributed by atoms with Crippen molar-refractivity contribution in [2.45, 2.75) is 56.9 Å². The molecule has 4 heterocycles. The van der Waals surface area contributed by atoms with Gasteiger partial charge in [0.15, 0.2) is 0 Å². The summed E-state index contributed by atoms with van der Waals surface area (Å²) in [6, 6.07) is 10.8. The van der Waals surface area contributed by atoms with Gasteiger partial charge in [0.05, 0.1) is 42.2 Å². The third-order valence-electron chi connectivity index (χ3n) is 8.49. The third kappa shape index (κ3) is 5.58. The van der Waals surface area contributed by atoms with E-state index >= 15 is 0 Å². The van der Waals surface area contributed by atoms with Crippen molar-refractivity contribution in [2.24, 2.45) is 5.73 Å². The standard InChI is InChI=1S/C31H30F4N6O3/c32-24-8-4-7-23(31(33,34)35)22(24)17-40-26-19-44-30(9-13-39(14-10-30)16-21-15-37-11-12-38-21)27(26)28(42)41(29(40)43)18-25(36)20-5-2-1-3-6-20/h1-8,11-12,15,25H,9-10,13-14,16-19,36H2/t25-/m0/s1. The van der Waals surface area contributed by atoms with E-state index in [0.29, 0.717) is 38.0 Å². The molecule has 13 heteroatoms. The molecule has 2 aliphatic rings. The molecule has 44 heavy (non-hydrogen) atoms. The van der Waals surface area contributed by atoms with Crippen LogP contribution < -0.4 is 17.0 Å². The van der Waals surface area contributed by atoms with E-state index < -0.39 is 52.6 Å². The molecule has 2 aromatic carbocycles. The molecule has 0 aliphatic carbocycles. The monoisotopic (exact) mass is 610 g/mol. The predicted molar refractivity (Wildman–Crippen MR) is 152 cm³/mol. The van der Waals surface area contributed by atoms with Crippen LogP contribution in [0.15, 0.2) is 76.7 Å². The molecule has 0 amide bonds. The highest BCUT2D eigenvalue weighted by Crippen LogP contribution is 2.43. The zero-order valence-electron chi connectivity index (χ0n) is 23.6. The Kier molecular flexibility index (Phi) is 7.95. The Labute approximate surface area is 249 Å². The van der Waals surface area contributed by atoms with Crippen LogP contribution in [0.2, 0.25) is 0 Å². The summed E-state index contributed by atoms with van der Waals surface area (Å²) in [5, 5.41) is 0. The van der Waals surface area contributed by atoms with Crippen LogP contribution in [-0.2, 0) is 42.8 Å². The van der Waals surface area contributed by atoms with Gasteiger partial charge < -0.3 is 10.5 Å². The summed E-state index contributed by atoms with van der Waals surface area (Å²) in [5.41, 5.74) is 3.80. The minimum atomic E-state index is -4.86.